The lowest BCUT2D eigenvalue weighted by atomic mass is 9.89. The van der Waals surface area contributed by atoms with E-state index in [1.54, 1.807) is 6.07 Å². The van der Waals surface area contributed by atoms with Gasteiger partial charge in [-0.15, -0.1) is 0 Å². The average molecular weight is 282 g/mol. The Bertz CT molecular complexity index is 482. The Hall–Kier alpha value is -1.13. The molecule has 0 spiro atoms. The van der Waals surface area contributed by atoms with Gasteiger partial charge < -0.3 is 5.73 Å². The molecule has 1 aliphatic heterocycles. The molecule has 0 unspecified atom stereocenters. The first-order chi connectivity index (χ1) is 8.93. The number of aromatic nitrogens is 1. The van der Waals surface area contributed by atoms with E-state index in [0.717, 1.165) is 25.9 Å². The van der Waals surface area contributed by atoms with Crippen LogP contribution in [0.15, 0.2) is 12.3 Å². The van der Waals surface area contributed by atoms with Crippen LogP contribution in [0, 0.1) is 0 Å². The van der Waals surface area contributed by atoms with E-state index in [-0.39, 0.29) is 11.6 Å². The Morgan fingerprint density at radius 1 is 1.37 bits per heavy atom. The fourth-order valence-corrected chi connectivity index (χ4v) is 2.72. The summed E-state index contributed by atoms with van der Waals surface area (Å²) in [6.07, 6.45) is 4.98. The maximum Gasteiger partial charge on any atom is 0.186 e. The van der Waals surface area contributed by atoms with Crippen LogP contribution in [0.25, 0.3) is 0 Å². The molecule has 19 heavy (non-hydrogen) atoms. The molecule has 1 aliphatic rings. The zero-order chi connectivity index (χ0) is 14.0. The van der Waals surface area contributed by atoms with E-state index < -0.39 is 5.54 Å². The Kier molecular flexibility index (Phi) is 4.11. The van der Waals surface area contributed by atoms with Gasteiger partial charge in [0, 0.05) is 6.20 Å². The number of nitrogen functional groups attached to an aromatic ring is 1. The lowest BCUT2D eigenvalue weighted by Gasteiger charge is -2.39. The minimum Gasteiger partial charge on any atom is -0.383 e. The first kappa shape index (κ1) is 14.3. The maximum atomic E-state index is 12.7. The third kappa shape index (κ3) is 2.90. The fourth-order valence-electron chi connectivity index (χ4n) is 2.56. The second kappa shape index (κ2) is 5.47. The number of carbonyl (C=O) groups is 1. The predicted octanol–water partition coefficient (Wildman–Crippen LogP) is 2.76. The van der Waals surface area contributed by atoms with Crippen molar-refractivity contribution >= 4 is 23.2 Å². The summed E-state index contributed by atoms with van der Waals surface area (Å²) in [4.78, 5) is 18.9. The minimum atomic E-state index is -0.569. The molecule has 0 atom stereocenters. The van der Waals surface area contributed by atoms with Gasteiger partial charge in [0.05, 0.1) is 16.1 Å². The Morgan fingerprint density at radius 2 is 2.00 bits per heavy atom. The summed E-state index contributed by atoms with van der Waals surface area (Å²) in [5, 5.41) is 0.437. The maximum absolute atomic E-state index is 12.7. The zero-order valence-corrected chi connectivity index (χ0v) is 12.2. The van der Waals surface area contributed by atoms with Crippen molar-refractivity contribution in [3.05, 3.63) is 22.8 Å². The minimum absolute atomic E-state index is 0.0121. The molecule has 2 N–H and O–H groups in total. The van der Waals surface area contributed by atoms with Gasteiger partial charge in [0.1, 0.15) is 5.82 Å². The van der Waals surface area contributed by atoms with Crippen molar-refractivity contribution in [2.75, 3.05) is 18.8 Å². The molecule has 2 heterocycles. The van der Waals surface area contributed by atoms with Crippen LogP contribution in [0.4, 0.5) is 5.82 Å². The molecule has 2 rings (SSSR count). The standard InChI is InChI=1S/C14H20ClN3O/c1-14(2,18-6-4-3-5-7-18)12(19)11-8-10(15)9-17-13(11)16/h8-9H,3-7H2,1-2H3,(H2,16,17). The first-order valence-electron chi connectivity index (χ1n) is 6.64. The molecule has 104 valence electrons. The topological polar surface area (TPSA) is 59.2 Å². The van der Waals surface area contributed by atoms with Gasteiger partial charge in [-0.25, -0.2) is 4.98 Å². The predicted molar refractivity (Wildman–Crippen MR) is 77.5 cm³/mol. The molecule has 0 bridgehead atoms. The number of ketones is 1. The third-order valence-corrected chi connectivity index (χ3v) is 4.04. The molecule has 0 aromatic carbocycles. The van der Waals surface area contributed by atoms with Crippen molar-refractivity contribution < 1.29 is 4.79 Å². The van der Waals surface area contributed by atoms with Crippen molar-refractivity contribution in [3.63, 3.8) is 0 Å². The molecule has 0 amide bonds. The van der Waals surface area contributed by atoms with Crippen molar-refractivity contribution in [1.29, 1.82) is 0 Å². The van der Waals surface area contributed by atoms with Crippen LogP contribution in [0.5, 0.6) is 0 Å². The van der Waals surface area contributed by atoms with Crippen LogP contribution in [0.3, 0.4) is 0 Å². The van der Waals surface area contributed by atoms with Crippen molar-refractivity contribution in [2.24, 2.45) is 0 Å². The molecule has 0 radical (unpaired) electrons. The van der Waals surface area contributed by atoms with E-state index in [9.17, 15) is 4.79 Å². The van der Waals surface area contributed by atoms with Gasteiger partial charge >= 0.3 is 0 Å². The second-order valence-corrected chi connectivity index (χ2v) is 5.96. The van der Waals surface area contributed by atoms with Crippen LogP contribution in [-0.2, 0) is 0 Å². The highest BCUT2D eigenvalue weighted by molar-refractivity contribution is 6.31. The molecule has 1 aromatic rings. The number of rotatable bonds is 3. The van der Waals surface area contributed by atoms with Crippen LogP contribution in [-0.4, -0.2) is 34.3 Å². The summed E-state index contributed by atoms with van der Waals surface area (Å²) in [6, 6.07) is 1.61. The number of anilines is 1. The number of carbonyl (C=O) groups excluding carboxylic acids is 1. The van der Waals surface area contributed by atoms with E-state index in [1.807, 2.05) is 13.8 Å². The lowest BCUT2D eigenvalue weighted by Crippen LogP contribution is -2.52. The zero-order valence-electron chi connectivity index (χ0n) is 11.4. The number of pyridine rings is 1. The van der Waals surface area contributed by atoms with Gasteiger partial charge in [-0.3, -0.25) is 9.69 Å². The summed E-state index contributed by atoms with van der Waals surface area (Å²) in [7, 11) is 0. The fraction of sp³-hybridized carbons (Fsp3) is 0.571. The number of likely N-dealkylation sites (tertiary alicyclic amines) is 1. The van der Waals surface area contributed by atoms with Gasteiger partial charge in [-0.1, -0.05) is 18.0 Å². The molecule has 0 aliphatic carbocycles. The molecular formula is C14H20ClN3O. The molecule has 1 saturated heterocycles. The largest absolute Gasteiger partial charge is 0.383 e. The summed E-state index contributed by atoms with van der Waals surface area (Å²) in [5.74, 6) is 0.237. The monoisotopic (exact) mass is 281 g/mol. The van der Waals surface area contributed by atoms with Crippen LogP contribution in [0.2, 0.25) is 5.02 Å². The van der Waals surface area contributed by atoms with Crippen molar-refractivity contribution in [3.8, 4) is 0 Å². The van der Waals surface area contributed by atoms with Crippen LogP contribution >= 0.6 is 11.6 Å². The molecule has 1 fully saturated rings. The lowest BCUT2D eigenvalue weighted by molar-refractivity contribution is 0.0580. The SMILES string of the molecule is CC(C)(C(=O)c1cc(Cl)cnc1N)N1CCCCC1. The molecular weight excluding hydrogens is 262 g/mol. The van der Waals surface area contributed by atoms with E-state index in [0.29, 0.717) is 10.6 Å². The van der Waals surface area contributed by atoms with E-state index in [4.69, 9.17) is 17.3 Å². The number of halogens is 1. The number of piperidine rings is 1. The molecule has 0 saturated carbocycles. The number of hydrogen-bond acceptors (Lipinski definition) is 4. The highest BCUT2D eigenvalue weighted by Gasteiger charge is 2.36. The smallest absolute Gasteiger partial charge is 0.186 e. The number of Topliss-reactive ketones (excluding diaryl/α,β-unsaturated/α-hetero) is 1. The highest BCUT2D eigenvalue weighted by atomic mass is 35.5. The summed E-state index contributed by atoms with van der Waals surface area (Å²) < 4.78 is 0. The Labute approximate surface area is 118 Å². The van der Waals surface area contributed by atoms with Crippen molar-refractivity contribution in [1.82, 2.24) is 9.88 Å². The third-order valence-electron chi connectivity index (χ3n) is 3.83. The molecule has 5 heteroatoms. The van der Waals surface area contributed by atoms with Gasteiger partial charge in [0.2, 0.25) is 0 Å². The summed E-state index contributed by atoms with van der Waals surface area (Å²) >= 11 is 5.91. The van der Waals surface area contributed by atoms with Gasteiger partial charge in [-0.05, 0) is 45.8 Å². The van der Waals surface area contributed by atoms with Crippen LogP contribution in [0.1, 0.15) is 43.5 Å². The van der Waals surface area contributed by atoms with Gasteiger partial charge in [-0.2, -0.15) is 0 Å². The van der Waals surface area contributed by atoms with E-state index >= 15 is 0 Å². The number of hydrogen-bond donors (Lipinski definition) is 1. The number of nitrogens with two attached hydrogens (primary N) is 1. The van der Waals surface area contributed by atoms with Gasteiger partial charge in [0.25, 0.3) is 0 Å². The molecule has 4 nitrogen and oxygen atoms in total. The summed E-state index contributed by atoms with van der Waals surface area (Å²) in [5.41, 5.74) is 5.66. The number of nitrogens with zero attached hydrogens (tertiary/aromatic N) is 2. The first-order valence-corrected chi connectivity index (χ1v) is 7.01. The highest BCUT2D eigenvalue weighted by Crippen LogP contribution is 2.27. The molecule has 1 aromatic heterocycles. The Balaban J connectivity index is 2.28. The van der Waals surface area contributed by atoms with Crippen molar-refractivity contribution in [2.45, 2.75) is 38.6 Å². The van der Waals surface area contributed by atoms with Gasteiger partial charge in [0.15, 0.2) is 5.78 Å². The summed E-state index contributed by atoms with van der Waals surface area (Å²) in [6.45, 7) is 5.79. The second-order valence-electron chi connectivity index (χ2n) is 5.52. The average Bonchev–Trinajstić information content (AvgIpc) is 2.41. The van der Waals surface area contributed by atoms with E-state index in [2.05, 4.69) is 9.88 Å². The Morgan fingerprint density at radius 3 is 2.63 bits per heavy atom. The van der Waals surface area contributed by atoms with Crippen LogP contribution < -0.4 is 5.73 Å². The van der Waals surface area contributed by atoms with E-state index in [1.165, 1.54) is 12.6 Å². The normalized spacial score (nSPS) is 17.4. The quantitative estimate of drug-likeness (QED) is 0.866.